The average Bonchev–Trinajstić information content (AvgIpc) is 3.27. The van der Waals surface area contributed by atoms with E-state index in [4.69, 9.17) is 18.9 Å². The molecule has 0 spiro atoms. The van der Waals surface area contributed by atoms with Crippen molar-refractivity contribution in [3.05, 3.63) is 177 Å². The van der Waals surface area contributed by atoms with E-state index in [0.29, 0.717) is 60.7 Å². The molecule has 2 aliphatic rings. The Hall–Kier alpha value is -6.36. The predicted molar refractivity (Wildman–Crippen MR) is 213 cm³/mol. The maximum absolute atomic E-state index is 14.7. The van der Waals surface area contributed by atoms with Crippen LogP contribution in [0.3, 0.4) is 0 Å². The second kappa shape index (κ2) is 20.5. The van der Waals surface area contributed by atoms with Gasteiger partial charge in [0.05, 0.1) is 26.4 Å². The van der Waals surface area contributed by atoms with Gasteiger partial charge in [-0.2, -0.15) is 17.6 Å². The molecule has 0 atom stereocenters. The fraction of sp³-hybridized carbons (Fsp3) is 0.250. The first kappa shape index (κ1) is 51.5. The van der Waals surface area contributed by atoms with Crippen molar-refractivity contribution in [2.24, 2.45) is 11.8 Å². The number of hydrogen-bond acceptors (Lipinski definition) is 6. The highest BCUT2D eigenvalue weighted by molar-refractivity contribution is 5.66. The molecular formula is C48H32F16O6. The zero-order valence-corrected chi connectivity index (χ0v) is 35.7. The standard InChI is InChI=1S/2C24H16F8O3/c2*1-11-9-33-23(34-10-11)13-6-17(26)21(18(27)7-13)24(31,32)35-14-2-3-15(16(25)8-14)12-4-19(28)22(30)20(29)5-12/h2*2-8,11,23H,9-10H2,1H3. The largest absolute Gasteiger partial charge is 0.432 e. The zero-order chi connectivity index (χ0) is 51.0. The Bertz CT molecular complexity index is 2610. The van der Waals surface area contributed by atoms with Gasteiger partial charge in [-0.3, -0.25) is 0 Å². The van der Waals surface area contributed by atoms with E-state index in [9.17, 15) is 70.2 Å². The lowest BCUT2D eigenvalue weighted by molar-refractivity contribution is -0.203. The van der Waals surface area contributed by atoms with Gasteiger partial charge in [0.1, 0.15) is 57.5 Å². The van der Waals surface area contributed by atoms with Gasteiger partial charge in [0.25, 0.3) is 0 Å². The molecule has 0 radical (unpaired) electrons. The van der Waals surface area contributed by atoms with E-state index < -0.39 is 139 Å². The zero-order valence-electron chi connectivity index (χ0n) is 35.7. The molecule has 2 heterocycles. The molecule has 2 aliphatic heterocycles. The molecule has 0 bridgehead atoms. The molecule has 0 amide bonds. The van der Waals surface area contributed by atoms with E-state index in [2.05, 4.69) is 9.47 Å². The summed E-state index contributed by atoms with van der Waals surface area (Å²) in [5.74, 6) is -20.6. The maximum atomic E-state index is 14.7. The van der Waals surface area contributed by atoms with E-state index in [1.807, 2.05) is 13.8 Å². The van der Waals surface area contributed by atoms with Gasteiger partial charge >= 0.3 is 12.2 Å². The number of halogens is 16. The van der Waals surface area contributed by atoms with Gasteiger partial charge in [-0.1, -0.05) is 13.8 Å². The molecule has 2 fully saturated rings. The Morgan fingerprint density at radius 2 is 0.671 bits per heavy atom. The fourth-order valence-electron chi connectivity index (χ4n) is 7.00. The van der Waals surface area contributed by atoms with Crippen LogP contribution in [0.1, 0.15) is 48.7 Å². The van der Waals surface area contributed by atoms with Crippen LogP contribution in [0.4, 0.5) is 70.2 Å². The van der Waals surface area contributed by atoms with Crippen LogP contribution in [0.15, 0.2) is 84.9 Å². The number of hydrogen-bond donors (Lipinski definition) is 0. The predicted octanol–water partition coefficient (Wildman–Crippen LogP) is 14.0. The lowest BCUT2D eigenvalue weighted by Gasteiger charge is -2.28. The molecule has 70 heavy (non-hydrogen) atoms. The number of rotatable bonds is 10. The molecule has 8 rings (SSSR count). The second-order valence-corrected chi connectivity index (χ2v) is 16.0. The minimum absolute atomic E-state index is 0.0471. The molecule has 372 valence electrons. The molecule has 0 aliphatic carbocycles. The van der Waals surface area contributed by atoms with Crippen molar-refractivity contribution in [1.82, 2.24) is 0 Å². The summed E-state index contributed by atoms with van der Waals surface area (Å²) in [6.45, 7) is 4.62. The van der Waals surface area contributed by atoms with Crippen LogP contribution in [0, 0.1) is 81.6 Å². The molecule has 6 nitrogen and oxygen atoms in total. The third-order valence-corrected chi connectivity index (χ3v) is 10.3. The summed E-state index contributed by atoms with van der Waals surface area (Å²) in [7, 11) is 0. The number of ether oxygens (including phenoxy) is 6. The molecular weight excluding hydrogens is 976 g/mol. The van der Waals surface area contributed by atoms with E-state index in [1.165, 1.54) is 0 Å². The summed E-state index contributed by atoms with van der Waals surface area (Å²) < 4.78 is 256. The minimum atomic E-state index is -4.57. The molecule has 0 saturated carbocycles. The van der Waals surface area contributed by atoms with Gasteiger partial charge in [0, 0.05) is 46.2 Å². The van der Waals surface area contributed by atoms with Gasteiger partial charge in [0.15, 0.2) is 47.5 Å². The van der Waals surface area contributed by atoms with Crippen molar-refractivity contribution in [2.45, 2.75) is 38.6 Å². The summed E-state index contributed by atoms with van der Waals surface area (Å²) in [5, 5.41) is 0. The highest BCUT2D eigenvalue weighted by Crippen LogP contribution is 2.41. The molecule has 0 N–H and O–H groups in total. The maximum Gasteiger partial charge on any atom is 0.432 e. The highest BCUT2D eigenvalue weighted by Gasteiger charge is 2.43. The lowest BCUT2D eigenvalue weighted by atomic mass is 10.0. The molecule has 6 aromatic rings. The molecule has 0 unspecified atom stereocenters. The van der Waals surface area contributed by atoms with E-state index in [0.717, 1.165) is 24.3 Å². The van der Waals surface area contributed by atoms with E-state index in [1.54, 1.807) is 0 Å². The quantitative estimate of drug-likeness (QED) is 0.101. The Balaban J connectivity index is 0.000000206. The summed E-state index contributed by atoms with van der Waals surface area (Å²) in [4.78, 5) is 0. The molecule has 0 aromatic heterocycles. The fourth-order valence-corrected chi connectivity index (χ4v) is 7.00. The Kier molecular flexibility index (Phi) is 15.1. The SMILES string of the molecule is CC1COC(c2cc(F)c(C(F)(F)Oc3ccc(-c4cc(F)c(F)c(F)c4)c(F)c3)c(F)c2)OC1.CC1COC(c2cc(F)c(C(F)(F)Oc3ccc(-c4cc(F)c(F)c(F)c4)c(F)c3)c(F)c2)OC1. The average molecular weight is 1010 g/mol. The first-order chi connectivity index (χ1) is 32.9. The van der Waals surface area contributed by atoms with Crippen molar-refractivity contribution < 1.29 is 98.7 Å². The Morgan fingerprint density at radius 1 is 0.386 bits per heavy atom. The third-order valence-electron chi connectivity index (χ3n) is 10.3. The third kappa shape index (κ3) is 11.3. The van der Waals surface area contributed by atoms with Crippen LogP contribution in [-0.4, -0.2) is 26.4 Å². The highest BCUT2D eigenvalue weighted by atomic mass is 19.3. The van der Waals surface area contributed by atoms with Crippen LogP contribution >= 0.6 is 0 Å². The smallest absolute Gasteiger partial charge is 0.429 e. The van der Waals surface area contributed by atoms with Crippen molar-refractivity contribution in [3.8, 4) is 33.8 Å². The molecule has 6 aromatic carbocycles. The van der Waals surface area contributed by atoms with Gasteiger partial charge in [0.2, 0.25) is 0 Å². The second-order valence-electron chi connectivity index (χ2n) is 16.0. The Labute approximate surface area is 385 Å². The molecule has 22 heteroatoms. The first-order valence-electron chi connectivity index (χ1n) is 20.4. The Morgan fingerprint density at radius 3 is 0.943 bits per heavy atom. The van der Waals surface area contributed by atoms with Crippen LogP contribution in [0.25, 0.3) is 22.3 Å². The van der Waals surface area contributed by atoms with Gasteiger partial charge in [-0.15, -0.1) is 0 Å². The van der Waals surface area contributed by atoms with Crippen LogP contribution in [0.2, 0.25) is 0 Å². The van der Waals surface area contributed by atoms with Crippen molar-refractivity contribution in [1.29, 1.82) is 0 Å². The van der Waals surface area contributed by atoms with E-state index in [-0.39, 0.29) is 49.4 Å². The summed E-state index contributed by atoms with van der Waals surface area (Å²) in [6, 6.07) is 8.65. The lowest BCUT2D eigenvalue weighted by Crippen LogP contribution is -2.27. The van der Waals surface area contributed by atoms with Gasteiger partial charge < -0.3 is 28.4 Å². The van der Waals surface area contributed by atoms with Crippen molar-refractivity contribution >= 4 is 0 Å². The first-order valence-corrected chi connectivity index (χ1v) is 20.4. The minimum Gasteiger partial charge on any atom is -0.429 e. The normalized spacial score (nSPS) is 18.5. The summed E-state index contributed by atoms with van der Waals surface area (Å²) in [5.41, 5.74) is -5.49. The summed E-state index contributed by atoms with van der Waals surface area (Å²) >= 11 is 0. The van der Waals surface area contributed by atoms with Gasteiger partial charge in [-0.25, -0.2) is 52.7 Å². The van der Waals surface area contributed by atoms with Crippen LogP contribution < -0.4 is 9.47 Å². The number of benzene rings is 6. The van der Waals surface area contributed by atoms with Crippen LogP contribution in [-0.2, 0) is 31.2 Å². The van der Waals surface area contributed by atoms with Crippen molar-refractivity contribution in [2.75, 3.05) is 26.4 Å². The topological polar surface area (TPSA) is 55.4 Å². The monoisotopic (exact) mass is 1010 g/mol. The van der Waals surface area contributed by atoms with Gasteiger partial charge in [-0.05, 0) is 83.9 Å². The van der Waals surface area contributed by atoms with E-state index >= 15 is 0 Å². The summed E-state index contributed by atoms with van der Waals surface area (Å²) in [6.07, 6.45) is -11.4. The van der Waals surface area contributed by atoms with Crippen molar-refractivity contribution in [3.63, 3.8) is 0 Å². The number of alkyl halides is 4. The molecule has 2 saturated heterocycles. The van der Waals surface area contributed by atoms with Crippen LogP contribution in [0.5, 0.6) is 11.5 Å².